The Kier molecular flexibility index (Phi) is 3.67. The first-order valence-electron chi connectivity index (χ1n) is 6.86. The second kappa shape index (κ2) is 5.53. The highest BCUT2D eigenvalue weighted by atomic mass is 32.3. The van der Waals surface area contributed by atoms with Gasteiger partial charge in [-0.1, -0.05) is 30.3 Å². The molecule has 0 fully saturated rings. The SMILES string of the molecule is NC(=O)c1cnc(C(N)=O)c2c1S(N)(Cc1ccccc1)C=C2. The Morgan fingerprint density at radius 3 is 2.39 bits per heavy atom. The summed E-state index contributed by atoms with van der Waals surface area (Å²) in [5.74, 6) is -0.742. The number of benzene rings is 1. The van der Waals surface area contributed by atoms with Crippen molar-refractivity contribution in [2.45, 2.75) is 10.6 Å². The van der Waals surface area contributed by atoms with Gasteiger partial charge >= 0.3 is 0 Å². The Hall–Kier alpha value is -2.64. The first kappa shape index (κ1) is 15.3. The number of aromatic nitrogens is 1. The number of primary amides is 2. The highest BCUT2D eigenvalue weighted by Crippen LogP contribution is 2.60. The molecule has 0 aliphatic carbocycles. The van der Waals surface area contributed by atoms with E-state index in [-0.39, 0.29) is 11.3 Å². The maximum absolute atomic E-state index is 11.8. The fraction of sp³-hybridized carbons (Fsp3) is 0.0625. The summed E-state index contributed by atoms with van der Waals surface area (Å²) in [5.41, 5.74) is 12.7. The highest BCUT2D eigenvalue weighted by molar-refractivity contribution is 8.34. The van der Waals surface area contributed by atoms with Crippen LogP contribution < -0.4 is 16.6 Å². The molecule has 6 nitrogen and oxygen atoms in total. The highest BCUT2D eigenvalue weighted by Gasteiger charge is 2.33. The van der Waals surface area contributed by atoms with Gasteiger partial charge in [0.25, 0.3) is 11.8 Å². The van der Waals surface area contributed by atoms with E-state index in [1.54, 1.807) is 6.08 Å². The first-order valence-corrected chi connectivity index (χ1v) is 8.78. The molecule has 1 aliphatic rings. The number of carbonyl (C=O) groups is 2. The van der Waals surface area contributed by atoms with Crippen LogP contribution in [0, 0.1) is 0 Å². The number of hydrogen-bond donors (Lipinski definition) is 3. The van der Waals surface area contributed by atoms with E-state index in [9.17, 15) is 9.59 Å². The van der Waals surface area contributed by atoms with Crippen molar-refractivity contribution in [1.82, 2.24) is 4.98 Å². The molecule has 118 valence electrons. The number of hydrogen-bond acceptors (Lipinski definition) is 4. The summed E-state index contributed by atoms with van der Waals surface area (Å²) in [7, 11) is -1.98. The van der Waals surface area contributed by atoms with Crippen LogP contribution in [0.25, 0.3) is 6.08 Å². The number of pyridine rings is 1. The van der Waals surface area contributed by atoms with Crippen molar-refractivity contribution < 1.29 is 9.59 Å². The molecule has 0 saturated heterocycles. The van der Waals surface area contributed by atoms with Gasteiger partial charge in [0.1, 0.15) is 5.69 Å². The van der Waals surface area contributed by atoms with Gasteiger partial charge in [-0.3, -0.25) is 14.7 Å². The van der Waals surface area contributed by atoms with Gasteiger partial charge in [0.2, 0.25) is 0 Å². The quantitative estimate of drug-likeness (QED) is 0.786. The summed E-state index contributed by atoms with van der Waals surface area (Å²) < 4.78 is 0. The smallest absolute Gasteiger partial charge is 0.267 e. The van der Waals surface area contributed by atoms with E-state index in [2.05, 4.69) is 4.98 Å². The minimum atomic E-state index is -1.98. The zero-order valence-electron chi connectivity index (χ0n) is 12.2. The normalized spacial score (nSPS) is 21.4. The lowest BCUT2D eigenvalue weighted by molar-refractivity contribution is 0.0982. The zero-order chi connectivity index (χ0) is 16.6. The van der Waals surface area contributed by atoms with Gasteiger partial charge in [0.15, 0.2) is 0 Å². The predicted molar refractivity (Wildman–Crippen MR) is 90.5 cm³/mol. The second-order valence-corrected chi connectivity index (χ2v) is 7.94. The van der Waals surface area contributed by atoms with Gasteiger partial charge in [0.05, 0.1) is 5.56 Å². The fourth-order valence-corrected chi connectivity index (χ4v) is 5.31. The minimum Gasteiger partial charge on any atom is -0.366 e. The Labute approximate surface area is 134 Å². The van der Waals surface area contributed by atoms with Crippen LogP contribution in [0.3, 0.4) is 0 Å². The topological polar surface area (TPSA) is 125 Å². The van der Waals surface area contributed by atoms with Crippen molar-refractivity contribution in [2.24, 2.45) is 16.6 Å². The molecule has 6 N–H and O–H groups in total. The van der Waals surface area contributed by atoms with Gasteiger partial charge in [0, 0.05) is 22.4 Å². The number of carbonyl (C=O) groups excluding carboxylic acids is 2. The molecular formula is C16H16N4O2S. The van der Waals surface area contributed by atoms with Gasteiger partial charge in [-0.25, -0.2) is 4.98 Å². The van der Waals surface area contributed by atoms with Crippen LogP contribution in [0.1, 0.15) is 32.0 Å². The molecule has 0 bridgehead atoms. The molecule has 1 unspecified atom stereocenters. The van der Waals surface area contributed by atoms with Crippen LogP contribution in [0.2, 0.25) is 0 Å². The van der Waals surface area contributed by atoms with Crippen molar-refractivity contribution >= 4 is 28.1 Å². The van der Waals surface area contributed by atoms with Crippen LogP contribution in [0.5, 0.6) is 0 Å². The van der Waals surface area contributed by atoms with E-state index in [0.29, 0.717) is 16.2 Å². The number of fused-ring (bicyclic) bond motifs is 1. The third-order valence-electron chi connectivity index (χ3n) is 3.67. The predicted octanol–water partition coefficient (Wildman–Crippen LogP) is 1.50. The molecular weight excluding hydrogens is 312 g/mol. The lowest BCUT2D eigenvalue weighted by atomic mass is 10.1. The number of rotatable bonds is 4. The van der Waals surface area contributed by atoms with Gasteiger partial charge in [-0.05, 0) is 17.0 Å². The molecule has 1 aromatic heterocycles. The van der Waals surface area contributed by atoms with E-state index in [0.717, 1.165) is 5.56 Å². The van der Waals surface area contributed by atoms with Gasteiger partial charge in [-0.2, -0.15) is 0 Å². The van der Waals surface area contributed by atoms with E-state index in [1.165, 1.54) is 6.20 Å². The molecule has 2 heterocycles. The van der Waals surface area contributed by atoms with E-state index in [1.807, 2.05) is 35.7 Å². The maximum Gasteiger partial charge on any atom is 0.267 e. The summed E-state index contributed by atoms with van der Waals surface area (Å²) in [6, 6.07) is 9.70. The standard InChI is InChI=1S/C16H16N4O2S/c17-15(21)12-8-20-13(16(18)22)11-6-7-23(19,14(11)12)9-10-4-2-1-3-5-10/h1-8H,9,19H2,(H2,17,21)(H2,18,22). The molecule has 7 heteroatoms. The monoisotopic (exact) mass is 328 g/mol. The Balaban J connectivity index is 2.17. The summed E-state index contributed by atoms with van der Waals surface area (Å²) in [6.07, 6.45) is 3.00. The minimum absolute atomic E-state index is 0.106. The molecule has 1 aromatic carbocycles. The lowest BCUT2D eigenvalue weighted by Gasteiger charge is -2.32. The van der Waals surface area contributed by atoms with Crippen molar-refractivity contribution in [3.05, 3.63) is 64.3 Å². The van der Waals surface area contributed by atoms with E-state index in [4.69, 9.17) is 16.6 Å². The maximum atomic E-state index is 11.8. The molecule has 0 saturated carbocycles. The van der Waals surface area contributed by atoms with Gasteiger partial charge in [-0.15, -0.1) is 10.2 Å². The Bertz CT molecular complexity index is 835. The van der Waals surface area contributed by atoms with E-state index >= 15 is 0 Å². The van der Waals surface area contributed by atoms with E-state index < -0.39 is 22.0 Å². The number of amides is 2. The molecule has 23 heavy (non-hydrogen) atoms. The average Bonchev–Trinajstić information content (AvgIpc) is 2.85. The first-order chi connectivity index (χ1) is 10.9. The fourth-order valence-electron chi connectivity index (χ4n) is 2.67. The van der Waals surface area contributed by atoms with Crippen LogP contribution in [0.4, 0.5) is 0 Å². The summed E-state index contributed by atoms with van der Waals surface area (Å²) in [5, 5.41) is 8.46. The lowest BCUT2D eigenvalue weighted by Crippen LogP contribution is -2.22. The molecule has 2 amide bonds. The molecule has 3 rings (SSSR count). The number of nitrogens with two attached hydrogens (primary N) is 3. The molecule has 0 radical (unpaired) electrons. The molecule has 1 aliphatic heterocycles. The number of nitrogens with zero attached hydrogens (tertiary/aromatic N) is 1. The van der Waals surface area contributed by atoms with Crippen molar-refractivity contribution in [3.8, 4) is 0 Å². The van der Waals surface area contributed by atoms with Gasteiger partial charge < -0.3 is 11.5 Å². The average molecular weight is 328 g/mol. The Morgan fingerprint density at radius 1 is 1.09 bits per heavy atom. The summed E-state index contributed by atoms with van der Waals surface area (Å²) in [4.78, 5) is 27.9. The molecule has 1 atom stereocenters. The Morgan fingerprint density at radius 2 is 1.78 bits per heavy atom. The van der Waals surface area contributed by atoms with Crippen molar-refractivity contribution in [1.29, 1.82) is 0 Å². The third kappa shape index (κ3) is 2.60. The zero-order valence-corrected chi connectivity index (χ0v) is 13.0. The largest absolute Gasteiger partial charge is 0.366 e. The molecule has 2 aromatic rings. The second-order valence-electron chi connectivity index (χ2n) is 5.27. The van der Waals surface area contributed by atoms with Crippen LogP contribution >= 0.6 is 10.2 Å². The summed E-state index contributed by atoms with van der Waals surface area (Å²) in [6.45, 7) is 0. The van der Waals surface area contributed by atoms with Crippen molar-refractivity contribution in [2.75, 3.05) is 0 Å². The van der Waals surface area contributed by atoms with Crippen LogP contribution in [-0.4, -0.2) is 16.8 Å². The van der Waals surface area contributed by atoms with Crippen LogP contribution in [0.15, 0.2) is 46.8 Å². The third-order valence-corrected chi connectivity index (χ3v) is 6.30. The molecule has 0 spiro atoms. The summed E-state index contributed by atoms with van der Waals surface area (Å²) >= 11 is 0. The van der Waals surface area contributed by atoms with Crippen molar-refractivity contribution in [3.63, 3.8) is 0 Å². The van der Waals surface area contributed by atoms with Crippen LogP contribution in [-0.2, 0) is 5.75 Å².